The van der Waals surface area contributed by atoms with Gasteiger partial charge in [-0.3, -0.25) is 9.69 Å². The Balaban J connectivity index is 1.45. The molecule has 1 amide bonds. The molecule has 0 bridgehead atoms. The number of hydrogen-bond acceptors (Lipinski definition) is 4. The number of benzene rings is 2. The van der Waals surface area contributed by atoms with Gasteiger partial charge in [0.25, 0.3) is 0 Å². The molecule has 29 heavy (non-hydrogen) atoms. The molecule has 2 heterocycles. The summed E-state index contributed by atoms with van der Waals surface area (Å²) in [6.45, 7) is 3.39. The average Bonchev–Trinajstić information content (AvgIpc) is 3.38. The summed E-state index contributed by atoms with van der Waals surface area (Å²) in [4.78, 5) is 15.1. The highest BCUT2D eigenvalue weighted by molar-refractivity contribution is 5.95. The highest BCUT2D eigenvalue weighted by Crippen LogP contribution is 2.26. The Morgan fingerprint density at radius 1 is 1.10 bits per heavy atom. The Hall–Kier alpha value is -2.89. The summed E-state index contributed by atoms with van der Waals surface area (Å²) in [7, 11) is 0. The van der Waals surface area contributed by atoms with Gasteiger partial charge in [-0.15, -0.1) is 0 Å². The van der Waals surface area contributed by atoms with Crippen molar-refractivity contribution < 1.29 is 14.3 Å². The van der Waals surface area contributed by atoms with E-state index in [9.17, 15) is 4.79 Å². The summed E-state index contributed by atoms with van der Waals surface area (Å²) in [5.74, 6) is 1.33. The average molecular weight is 390 g/mol. The van der Waals surface area contributed by atoms with Crippen LogP contribution in [0.3, 0.4) is 0 Å². The van der Waals surface area contributed by atoms with Crippen LogP contribution in [0.15, 0.2) is 65.1 Å². The maximum atomic E-state index is 13.0. The Kier molecular flexibility index (Phi) is 5.79. The fourth-order valence-corrected chi connectivity index (χ4v) is 3.93. The molecule has 0 saturated carbocycles. The summed E-state index contributed by atoms with van der Waals surface area (Å²) in [6.07, 6.45) is 1.81. The largest absolute Gasteiger partial charge is 0.462 e. The first-order valence-corrected chi connectivity index (χ1v) is 10.0. The number of aliphatic hydroxyl groups is 1. The summed E-state index contributed by atoms with van der Waals surface area (Å²) in [5.41, 5.74) is 4.24. The maximum Gasteiger partial charge on any atom is 0.241 e. The monoisotopic (exact) mass is 390 g/mol. The number of aliphatic hydroxyl groups excluding tert-OH is 1. The first-order chi connectivity index (χ1) is 14.1. The molecule has 2 aromatic carbocycles. The van der Waals surface area contributed by atoms with Gasteiger partial charge < -0.3 is 14.8 Å². The number of furan rings is 1. The Bertz CT molecular complexity index is 995. The highest BCUT2D eigenvalue weighted by Gasteiger charge is 2.31. The van der Waals surface area contributed by atoms with Crippen LogP contribution in [0.5, 0.6) is 0 Å². The quantitative estimate of drug-likeness (QED) is 0.657. The van der Waals surface area contributed by atoms with Gasteiger partial charge in [-0.1, -0.05) is 42.0 Å². The second-order valence-corrected chi connectivity index (χ2v) is 7.59. The minimum Gasteiger partial charge on any atom is -0.462 e. The fourth-order valence-electron chi connectivity index (χ4n) is 3.93. The lowest BCUT2D eigenvalue weighted by molar-refractivity contribution is -0.120. The first-order valence-electron chi connectivity index (χ1n) is 10.0. The van der Waals surface area contributed by atoms with E-state index in [1.165, 1.54) is 5.56 Å². The lowest BCUT2D eigenvalue weighted by Gasteiger charge is -2.22. The van der Waals surface area contributed by atoms with E-state index in [1.54, 1.807) is 6.07 Å². The normalized spacial score (nSPS) is 16.8. The Labute approximate surface area is 171 Å². The molecule has 1 atom stereocenters. The number of hydrogen-bond donors (Lipinski definition) is 2. The van der Waals surface area contributed by atoms with Crippen LogP contribution in [-0.2, 0) is 17.9 Å². The molecule has 3 aromatic rings. The molecule has 1 unspecified atom stereocenters. The predicted molar refractivity (Wildman–Crippen MR) is 113 cm³/mol. The van der Waals surface area contributed by atoms with Crippen molar-refractivity contribution in [1.82, 2.24) is 4.90 Å². The number of likely N-dealkylation sites (tertiary alicyclic amines) is 1. The van der Waals surface area contributed by atoms with E-state index >= 15 is 0 Å². The van der Waals surface area contributed by atoms with Gasteiger partial charge in [0.1, 0.15) is 18.1 Å². The smallest absolute Gasteiger partial charge is 0.241 e. The van der Waals surface area contributed by atoms with Crippen molar-refractivity contribution in [3.05, 3.63) is 77.7 Å². The van der Waals surface area contributed by atoms with Crippen molar-refractivity contribution in [1.29, 1.82) is 0 Å². The molecule has 0 radical (unpaired) electrons. The highest BCUT2D eigenvalue weighted by atomic mass is 16.4. The Morgan fingerprint density at radius 2 is 1.86 bits per heavy atom. The predicted octanol–water partition coefficient (Wildman–Crippen LogP) is 4.35. The molecule has 1 saturated heterocycles. The number of nitrogens with one attached hydrogen (secondary N) is 1. The van der Waals surface area contributed by atoms with Gasteiger partial charge >= 0.3 is 0 Å². The number of anilines is 1. The summed E-state index contributed by atoms with van der Waals surface area (Å²) in [6, 6.07) is 19.8. The third-order valence-corrected chi connectivity index (χ3v) is 5.38. The van der Waals surface area contributed by atoms with Crippen molar-refractivity contribution in [3.8, 4) is 11.1 Å². The van der Waals surface area contributed by atoms with Crippen molar-refractivity contribution >= 4 is 11.6 Å². The van der Waals surface area contributed by atoms with E-state index in [2.05, 4.69) is 41.4 Å². The molecular formula is C24H26N2O3. The van der Waals surface area contributed by atoms with Gasteiger partial charge in [-0.25, -0.2) is 0 Å². The van der Waals surface area contributed by atoms with Crippen LogP contribution in [-0.4, -0.2) is 28.5 Å². The number of nitrogens with zero attached hydrogens (tertiary/aromatic N) is 1. The molecule has 5 heteroatoms. The minimum atomic E-state index is -0.180. The lowest BCUT2D eigenvalue weighted by atomic mass is 10.0. The van der Waals surface area contributed by atoms with Crippen LogP contribution in [0.4, 0.5) is 5.69 Å². The topological polar surface area (TPSA) is 65.7 Å². The van der Waals surface area contributed by atoms with Gasteiger partial charge in [0.2, 0.25) is 5.91 Å². The van der Waals surface area contributed by atoms with Crippen molar-refractivity contribution in [2.45, 2.75) is 39.0 Å². The summed E-state index contributed by atoms with van der Waals surface area (Å²) in [5, 5.41) is 12.3. The number of aryl methyl sites for hydroxylation is 1. The summed E-state index contributed by atoms with van der Waals surface area (Å²) >= 11 is 0. The van der Waals surface area contributed by atoms with Gasteiger partial charge in [-0.05, 0) is 61.7 Å². The van der Waals surface area contributed by atoms with Crippen LogP contribution in [0.2, 0.25) is 0 Å². The lowest BCUT2D eigenvalue weighted by Crippen LogP contribution is -2.39. The molecule has 2 N–H and O–H groups in total. The van der Waals surface area contributed by atoms with E-state index in [1.807, 2.05) is 30.3 Å². The van der Waals surface area contributed by atoms with Crippen LogP contribution >= 0.6 is 0 Å². The maximum absolute atomic E-state index is 13.0. The molecule has 1 aliphatic rings. The van der Waals surface area contributed by atoms with Gasteiger partial charge in [0, 0.05) is 5.69 Å². The second kappa shape index (κ2) is 8.64. The number of carbonyl (C=O) groups excluding carboxylic acids is 1. The molecule has 5 nitrogen and oxygen atoms in total. The minimum absolute atomic E-state index is 0.0119. The third kappa shape index (κ3) is 4.58. The molecule has 150 valence electrons. The number of amides is 1. The molecule has 1 aromatic heterocycles. The van der Waals surface area contributed by atoms with E-state index in [-0.39, 0.29) is 18.6 Å². The third-order valence-electron chi connectivity index (χ3n) is 5.38. The first kappa shape index (κ1) is 19.4. The second-order valence-electron chi connectivity index (χ2n) is 7.59. The molecule has 0 spiro atoms. The molecule has 4 rings (SSSR count). The zero-order chi connectivity index (χ0) is 20.2. The van der Waals surface area contributed by atoms with Crippen molar-refractivity contribution in [3.63, 3.8) is 0 Å². The van der Waals surface area contributed by atoms with E-state index in [4.69, 9.17) is 9.52 Å². The molecule has 1 aliphatic heterocycles. The van der Waals surface area contributed by atoms with Crippen molar-refractivity contribution in [2.24, 2.45) is 0 Å². The summed E-state index contributed by atoms with van der Waals surface area (Å²) < 4.78 is 5.59. The zero-order valence-corrected chi connectivity index (χ0v) is 16.6. The van der Waals surface area contributed by atoms with Crippen LogP contribution in [0, 0.1) is 6.92 Å². The van der Waals surface area contributed by atoms with Gasteiger partial charge in [0.05, 0.1) is 12.6 Å². The Morgan fingerprint density at radius 3 is 2.62 bits per heavy atom. The fraction of sp³-hybridized carbons (Fsp3) is 0.292. The van der Waals surface area contributed by atoms with Gasteiger partial charge in [0.15, 0.2) is 0 Å². The van der Waals surface area contributed by atoms with Crippen LogP contribution in [0.1, 0.15) is 29.9 Å². The van der Waals surface area contributed by atoms with Crippen LogP contribution < -0.4 is 5.32 Å². The molecular weight excluding hydrogens is 364 g/mol. The number of carbonyl (C=O) groups is 1. The van der Waals surface area contributed by atoms with Crippen molar-refractivity contribution in [2.75, 3.05) is 11.9 Å². The molecule has 0 aliphatic carbocycles. The van der Waals surface area contributed by atoms with E-state index in [0.29, 0.717) is 12.3 Å². The zero-order valence-electron chi connectivity index (χ0n) is 16.6. The SMILES string of the molecule is Cc1cccc(-c2cccc(NC(=O)C3CCCN3Cc3ccc(CO)o3)c2)c1. The standard InChI is InChI=1S/C24H26N2O3/c1-17-5-2-6-18(13-17)19-7-3-8-20(14-19)25-24(28)23-9-4-12-26(23)15-21-10-11-22(16-27)29-21/h2-3,5-8,10-11,13-14,23,27H,4,9,12,15-16H2,1H3,(H,25,28). The van der Waals surface area contributed by atoms with Crippen LogP contribution in [0.25, 0.3) is 11.1 Å². The van der Waals surface area contributed by atoms with Gasteiger partial charge in [-0.2, -0.15) is 0 Å². The van der Waals surface area contributed by atoms with E-state index < -0.39 is 0 Å². The molecule has 1 fully saturated rings. The van der Waals surface area contributed by atoms with E-state index in [0.717, 1.165) is 42.0 Å². The number of rotatable bonds is 6.